The molecule has 1 aliphatic rings. The molecule has 1 atom stereocenters. The van der Waals surface area contributed by atoms with Crippen LogP contribution in [0.5, 0.6) is 0 Å². The van der Waals surface area contributed by atoms with E-state index in [1.165, 1.54) is 0 Å². The van der Waals surface area contributed by atoms with Crippen molar-refractivity contribution in [1.82, 2.24) is 19.7 Å². The van der Waals surface area contributed by atoms with Crippen LogP contribution in [0.2, 0.25) is 0 Å². The Morgan fingerprint density at radius 3 is 3.10 bits per heavy atom. The summed E-state index contributed by atoms with van der Waals surface area (Å²) >= 11 is 0. The van der Waals surface area contributed by atoms with Crippen LogP contribution < -0.4 is 0 Å². The molecule has 0 aliphatic carbocycles. The Morgan fingerprint density at radius 2 is 2.35 bits per heavy atom. The van der Waals surface area contributed by atoms with Gasteiger partial charge in [-0.05, 0) is 32.7 Å². The summed E-state index contributed by atoms with van der Waals surface area (Å²) in [6.45, 7) is 7.86. The Hall–Kier alpha value is -1.43. The monoisotopic (exact) mass is 280 g/mol. The van der Waals surface area contributed by atoms with Gasteiger partial charge in [0.1, 0.15) is 12.2 Å². The standard InChI is InChI=1S/C14H24N4O2/c1-3-7-18-13(15-11-16-18)10-17-8-5-6-12(9-17)14(19)20-4-2/h11-12H,3-10H2,1-2H3/t12-/m0/s1. The first-order chi connectivity index (χ1) is 9.74. The van der Waals surface area contributed by atoms with Gasteiger partial charge in [0.15, 0.2) is 0 Å². The van der Waals surface area contributed by atoms with Gasteiger partial charge < -0.3 is 4.74 Å². The van der Waals surface area contributed by atoms with Crippen molar-refractivity contribution in [3.05, 3.63) is 12.2 Å². The molecule has 2 heterocycles. The molecule has 0 unspecified atom stereocenters. The van der Waals surface area contributed by atoms with Crippen LogP contribution in [0.3, 0.4) is 0 Å². The number of carbonyl (C=O) groups is 1. The van der Waals surface area contributed by atoms with Gasteiger partial charge in [0.25, 0.3) is 0 Å². The predicted molar refractivity (Wildman–Crippen MR) is 74.9 cm³/mol. The number of ether oxygens (including phenoxy) is 1. The number of rotatable bonds is 6. The van der Waals surface area contributed by atoms with Crippen molar-refractivity contribution in [1.29, 1.82) is 0 Å². The van der Waals surface area contributed by atoms with Crippen LogP contribution in [0.25, 0.3) is 0 Å². The van der Waals surface area contributed by atoms with Crippen LogP contribution in [-0.4, -0.2) is 45.3 Å². The van der Waals surface area contributed by atoms with Crippen molar-refractivity contribution in [3.8, 4) is 0 Å². The van der Waals surface area contributed by atoms with E-state index in [0.29, 0.717) is 6.61 Å². The van der Waals surface area contributed by atoms with Crippen LogP contribution in [-0.2, 0) is 22.6 Å². The highest BCUT2D eigenvalue weighted by Crippen LogP contribution is 2.19. The van der Waals surface area contributed by atoms with Crippen LogP contribution in [0, 0.1) is 5.92 Å². The van der Waals surface area contributed by atoms with E-state index in [4.69, 9.17) is 4.74 Å². The smallest absolute Gasteiger partial charge is 0.310 e. The topological polar surface area (TPSA) is 60.2 Å². The minimum absolute atomic E-state index is 0.00578. The largest absolute Gasteiger partial charge is 0.466 e. The van der Waals surface area contributed by atoms with Crippen molar-refractivity contribution in [2.45, 2.75) is 46.2 Å². The van der Waals surface area contributed by atoms with Gasteiger partial charge in [-0.25, -0.2) is 9.67 Å². The lowest BCUT2D eigenvalue weighted by molar-refractivity contribution is -0.150. The molecule has 0 amide bonds. The minimum Gasteiger partial charge on any atom is -0.466 e. The molecule has 20 heavy (non-hydrogen) atoms. The first-order valence-electron chi connectivity index (χ1n) is 7.50. The van der Waals surface area contributed by atoms with Crippen LogP contribution in [0.1, 0.15) is 38.9 Å². The zero-order valence-electron chi connectivity index (χ0n) is 12.4. The Bertz CT molecular complexity index is 433. The fourth-order valence-electron chi connectivity index (χ4n) is 2.66. The molecular weight excluding hydrogens is 256 g/mol. The lowest BCUT2D eigenvalue weighted by Crippen LogP contribution is -2.39. The van der Waals surface area contributed by atoms with Gasteiger partial charge in [0.05, 0.1) is 19.1 Å². The van der Waals surface area contributed by atoms with Crippen molar-refractivity contribution < 1.29 is 9.53 Å². The highest BCUT2D eigenvalue weighted by Gasteiger charge is 2.27. The second-order valence-corrected chi connectivity index (χ2v) is 5.23. The molecule has 0 spiro atoms. The molecule has 6 nitrogen and oxygen atoms in total. The van der Waals surface area contributed by atoms with Crippen LogP contribution in [0.15, 0.2) is 6.33 Å². The Morgan fingerprint density at radius 1 is 1.50 bits per heavy atom. The second-order valence-electron chi connectivity index (χ2n) is 5.23. The molecule has 1 aromatic rings. The number of aryl methyl sites for hydroxylation is 1. The zero-order chi connectivity index (χ0) is 14.4. The maximum Gasteiger partial charge on any atom is 0.310 e. The Labute approximate surface area is 120 Å². The fraction of sp³-hybridized carbons (Fsp3) is 0.786. The first kappa shape index (κ1) is 15.0. The molecule has 1 aromatic heterocycles. The molecule has 2 rings (SSSR count). The Balaban J connectivity index is 1.92. The van der Waals surface area contributed by atoms with E-state index < -0.39 is 0 Å². The van der Waals surface area contributed by atoms with Gasteiger partial charge in [-0.2, -0.15) is 5.10 Å². The number of aromatic nitrogens is 3. The molecule has 6 heteroatoms. The summed E-state index contributed by atoms with van der Waals surface area (Å²) in [5.74, 6) is 0.926. The van der Waals surface area contributed by atoms with Gasteiger partial charge in [0.2, 0.25) is 0 Å². The highest BCUT2D eigenvalue weighted by atomic mass is 16.5. The van der Waals surface area contributed by atoms with Gasteiger partial charge in [-0.3, -0.25) is 9.69 Å². The van der Waals surface area contributed by atoms with E-state index in [0.717, 1.165) is 51.3 Å². The molecule has 1 fully saturated rings. The van der Waals surface area contributed by atoms with E-state index >= 15 is 0 Å². The van der Waals surface area contributed by atoms with Gasteiger partial charge >= 0.3 is 5.97 Å². The van der Waals surface area contributed by atoms with Crippen LogP contribution >= 0.6 is 0 Å². The zero-order valence-corrected chi connectivity index (χ0v) is 12.4. The van der Waals surface area contributed by atoms with E-state index in [-0.39, 0.29) is 11.9 Å². The maximum absolute atomic E-state index is 11.8. The summed E-state index contributed by atoms with van der Waals surface area (Å²) < 4.78 is 7.08. The number of piperidine rings is 1. The molecule has 0 aromatic carbocycles. The molecular formula is C14H24N4O2. The molecule has 0 N–H and O–H groups in total. The SMILES string of the molecule is CCCn1ncnc1CN1CCC[C@H](C(=O)OCC)C1. The number of likely N-dealkylation sites (tertiary alicyclic amines) is 1. The molecule has 1 aliphatic heterocycles. The number of carbonyl (C=O) groups excluding carboxylic acids is 1. The lowest BCUT2D eigenvalue weighted by atomic mass is 9.98. The average molecular weight is 280 g/mol. The number of nitrogens with zero attached hydrogens (tertiary/aromatic N) is 4. The molecule has 1 saturated heterocycles. The van der Waals surface area contributed by atoms with Gasteiger partial charge in [-0.1, -0.05) is 6.92 Å². The van der Waals surface area contributed by atoms with E-state index in [1.54, 1.807) is 6.33 Å². The normalized spacial score (nSPS) is 20.0. The first-order valence-corrected chi connectivity index (χ1v) is 7.50. The van der Waals surface area contributed by atoms with E-state index in [2.05, 4.69) is 21.9 Å². The van der Waals surface area contributed by atoms with E-state index in [1.807, 2.05) is 11.6 Å². The quantitative estimate of drug-likeness (QED) is 0.738. The number of hydrogen-bond donors (Lipinski definition) is 0. The maximum atomic E-state index is 11.8. The third-order valence-electron chi connectivity index (χ3n) is 3.62. The molecule has 0 saturated carbocycles. The van der Waals surface area contributed by atoms with Gasteiger partial charge in [-0.15, -0.1) is 0 Å². The summed E-state index contributed by atoms with van der Waals surface area (Å²) in [5.41, 5.74) is 0. The summed E-state index contributed by atoms with van der Waals surface area (Å²) in [6, 6.07) is 0. The summed E-state index contributed by atoms with van der Waals surface area (Å²) in [5, 5.41) is 4.24. The third kappa shape index (κ3) is 3.79. The molecule has 112 valence electrons. The summed E-state index contributed by atoms with van der Waals surface area (Å²) in [4.78, 5) is 18.4. The average Bonchev–Trinajstić information content (AvgIpc) is 2.87. The highest BCUT2D eigenvalue weighted by molar-refractivity contribution is 5.72. The van der Waals surface area contributed by atoms with E-state index in [9.17, 15) is 4.79 Å². The number of hydrogen-bond acceptors (Lipinski definition) is 5. The summed E-state index contributed by atoms with van der Waals surface area (Å²) in [6.07, 6.45) is 4.61. The molecule has 0 bridgehead atoms. The Kier molecular flexibility index (Phi) is 5.52. The van der Waals surface area contributed by atoms with Gasteiger partial charge in [0, 0.05) is 13.1 Å². The lowest BCUT2D eigenvalue weighted by Gasteiger charge is -2.31. The number of esters is 1. The predicted octanol–water partition coefficient (Wildman–Crippen LogP) is 1.46. The third-order valence-corrected chi connectivity index (χ3v) is 3.62. The summed E-state index contributed by atoms with van der Waals surface area (Å²) in [7, 11) is 0. The molecule has 0 radical (unpaired) electrons. The van der Waals surface area contributed by atoms with Crippen molar-refractivity contribution in [2.24, 2.45) is 5.92 Å². The van der Waals surface area contributed by atoms with Crippen molar-refractivity contribution >= 4 is 5.97 Å². The fourth-order valence-corrected chi connectivity index (χ4v) is 2.66. The van der Waals surface area contributed by atoms with Crippen LogP contribution in [0.4, 0.5) is 0 Å². The second kappa shape index (κ2) is 7.38. The minimum atomic E-state index is -0.0628. The van der Waals surface area contributed by atoms with Crippen molar-refractivity contribution in [3.63, 3.8) is 0 Å². The van der Waals surface area contributed by atoms with Crippen molar-refractivity contribution in [2.75, 3.05) is 19.7 Å².